The van der Waals surface area contributed by atoms with Crippen molar-refractivity contribution in [2.24, 2.45) is 0 Å². The number of rotatable bonds is 4. The van der Waals surface area contributed by atoms with Crippen molar-refractivity contribution in [3.05, 3.63) is 23.8 Å². The van der Waals surface area contributed by atoms with Crippen molar-refractivity contribution in [3.63, 3.8) is 0 Å². The molecule has 0 saturated carbocycles. The molecular formula is C11H16N2O2S. The van der Waals surface area contributed by atoms with Crippen LogP contribution in [-0.2, 0) is 15.6 Å². The Hall–Kier alpha value is -1.36. The molecule has 4 nitrogen and oxygen atoms in total. The normalized spacial score (nSPS) is 12.1. The van der Waals surface area contributed by atoms with E-state index in [1.807, 2.05) is 6.92 Å². The molecule has 16 heavy (non-hydrogen) atoms. The number of hydrogen-bond acceptors (Lipinski definition) is 3. The topological polar surface area (TPSA) is 72.2 Å². The van der Waals surface area contributed by atoms with Gasteiger partial charge in [-0.05, 0) is 24.6 Å². The molecule has 0 fully saturated rings. The van der Waals surface area contributed by atoms with Gasteiger partial charge >= 0.3 is 0 Å². The fourth-order valence-electron chi connectivity index (χ4n) is 1.24. The Balaban J connectivity index is 2.63. The first-order chi connectivity index (χ1) is 7.50. The molecule has 0 aliphatic rings. The maximum absolute atomic E-state index is 11.5. The minimum atomic E-state index is -0.939. The van der Waals surface area contributed by atoms with Crippen LogP contribution in [0.1, 0.15) is 12.0 Å². The van der Waals surface area contributed by atoms with E-state index in [0.29, 0.717) is 17.1 Å². The van der Waals surface area contributed by atoms with Crippen molar-refractivity contribution in [2.75, 3.05) is 23.1 Å². The van der Waals surface area contributed by atoms with Gasteiger partial charge in [0.15, 0.2) is 0 Å². The van der Waals surface area contributed by atoms with E-state index in [4.69, 9.17) is 5.73 Å². The minimum absolute atomic E-state index is 0.135. The predicted octanol–water partition coefficient (Wildman–Crippen LogP) is 1.28. The molecule has 1 rings (SSSR count). The summed E-state index contributed by atoms with van der Waals surface area (Å²) in [6.45, 7) is 1.85. The van der Waals surface area contributed by atoms with E-state index in [9.17, 15) is 9.00 Å². The van der Waals surface area contributed by atoms with Crippen LogP contribution < -0.4 is 11.1 Å². The quantitative estimate of drug-likeness (QED) is 0.779. The number of anilines is 2. The van der Waals surface area contributed by atoms with Crippen molar-refractivity contribution in [1.82, 2.24) is 0 Å². The first-order valence-electron chi connectivity index (χ1n) is 4.95. The van der Waals surface area contributed by atoms with Gasteiger partial charge in [0.2, 0.25) is 5.91 Å². The van der Waals surface area contributed by atoms with Gasteiger partial charge in [-0.15, -0.1) is 0 Å². The minimum Gasteiger partial charge on any atom is -0.398 e. The number of hydrogen-bond donors (Lipinski definition) is 2. The number of nitrogens with two attached hydrogens (primary N) is 1. The Morgan fingerprint density at radius 1 is 1.50 bits per heavy atom. The molecule has 0 aliphatic heterocycles. The molecule has 0 aliphatic carbocycles. The third-order valence-electron chi connectivity index (χ3n) is 2.27. The molecule has 1 aromatic carbocycles. The summed E-state index contributed by atoms with van der Waals surface area (Å²) in [5.74, 6) is 0.247. The van der Waals surface area contributed by atoms with Crippen molar-refractivity contribution >= 4 is 28.1 Å². The van der Waals surface area contributed by atoms with Gasteiger partial charge in [-0.3, -0.25) is 9.00 Å². The van der Waals surface area contributed by atoms with E-state index in [2.05, 4.69) is 5.32 Å². The Morgan fingerprint density at radius 3 is 2.81 bits per heavy atom. The molecule has 0 bridgehead atoms. The third kappa shape index (κ3) is 3.66. The van der Waals surface area contributed by atoms with Crippen molar-refractivity contribution in [3.8, 4) is 0 Å². The lowest BCUT2D eigenvalue weighted by molar-refractivity contribution is -0.115. The van der Waals surface area contributed by atoms with Crippen LogP contribution in [0.4, 0.5) is 11.4 Å². The van der Waals surface area contributed by atoms with Crippen molar-refractivity contribution < 1.29 is 9.00 Å². The molecule has 1 unspecified atom stereocenters. The standard InChI is InChI=1S/C11H16N2O2S/c1-8-9(12)4-3-5-10(8)13-11(14)6-7-16(2)15/h3-5H,6-7,12H2,1-2H3,(H,13,14). The first-order valence-corrected chi connectivity index (χ1v) is 6.68. The van der Waals surface area contributed by atoms with Gasteiger partial charge in [-0.1, -0.05) is 6.07 Å². The summed E-state index contributed by atoms with van der Waals surface area (Å²) >= 11 is 0. The zero-order chi connectivity index (χ0) is 12.1. The van der Waals surface area contributed by atoms with E-state index < -0.39 is 10.8 Å². The number of carbonyl (C=O) groups excluding carboxylic acids is 1. The summed E-state index contributed by atoms with van der Waals surface area (Å²) in [6, 6.07) is 5.37. The molecule has 0 spiro atoms. The lowest BCUT2D eigenvalue weighted by Gasteiger charge is -2.09. The molecule has 1 atom stereocenters. The lowest BCUT2D eigenvalue weighted by Crippen LogP contribution is -2.15. The molecule has 0 radical (unpaired) electrons. The predicted molar refractivity (Wildman–Crippen MR) is 67.8 cm³/mol. The summed E-state index contributed by atoms with van der Waals surface area (Å²) < 4.78 is 10.8. The number of benzene rings is 1. The van der Waals surface area contributed by atoms with Gasteiger partial charge < -0.3 is 11.1 Å². The van der Waals surface area contributed by atoms with Gasteiger partial charge in [0.1, 0.15) is 0 Å². The van der Waals surface area contributed by atoms with Crippen LogP contribution in [-0.4, -0.2) is 22.1 Å². The first kappa shape index (κ1) is 12.7. The highest BCUT2D eigenvalue weighted by Crippen LogP contribution is 2.20. The monoisotopic (exact) mass is 240 g/mol. The highest BCUT2D eigenvalue weighted by atomic mass is 32.2. The van der Waals surface area contributed by atoms with Gasteiger partial charge in [0, 0.05) is 40.6 Å². The molecule has 0 aromatic heterocycles. The Labute approximate surface area is 97.7 Å². The Morgan fingerprint density at radius 2 is 2.19 bits per heavy atom. The highest BCUT2D eigenvalue weighted by molar-refractivity contribution is 7.84. The molecular weight excluding hydrogens is 224 g/mol. The lowest BCUT2D eigenvalue weighted by atomic mass is 10.1. The van der Waals surface area contributed by atoms with Crippen LogP contribution in [0.15, 0.2) is 18.2 Å². The van der Waals surface area contributed by atoms with Gasteiger partial charge in [0.25, 0.3) is 0 Å². The molecule has 5 heteroatoms. The van der Waals surface area contributed by atoms with Gasteiger partial charge in [-0.25, -0.2) is 0 Å². The van der Waals surface area contributed by atoms with E-state index in [1.165, 1.54) is 0 Å². The van der Waals surface area contributed by atoms with Crippen LogP contribution in [0.25, 0.3) is 0 Å². The number of nitrogens with one attached hydrogen (secondary N) is 1. The van der Waals surface area contributed by atoms with E-state index in [1.54, 1.807) is 24.5 Å². The van der Waals surface area contributed by atoms with Crippen LogP contribution in [0.2, 0.25) is 0 Å². The molecule has 1 amide bonds. The Kier molecular flexibility index (Phi) is 4.49. The SMILES string of the molecule is Cc1c(N)cccc1NC(=O)CCS(C)=O. The summed E-state index contributed by atoms with van der Waals surface area (Å²) in [4.78, 5) is 11.5. The third-order valence-corrected chi connectivity index (χ3v) is 3.05. The molecule has 0 saturated heterocycles. The second-order valence-corrected chi connectivity index (χ2v) is 5.15. The second-order valence-electron chi connectivity index (χ2n) is 3.60. The van der Waals surface area contributed by atoms with Gasteiger partial charge in [-0.2, -0.15) is 0 Å². The zero-order valence-electron chi connectivity index (χ0n) is 9.45. The molecule has 0 heterocycles. The Bertz CT molecular complexity index is 418. The summed E-state index contributed by atoms with van der Waals surface area (Å²) in [5.41, 5.74) is 7.94. The summed E-state index contributed by atoms with van der Waals surface area (Å²) in [7, 11) is -0.939. The number of carbonyl (C=O) groups is 1. The van der Waals surface area contributed by atoms with E-state index in [0.717, 1.165) is 5.56 Å². The van der Waals surface area contributed by atoms with Gasteiger partial charge in [0.05, 0.1) is 0 Å². The van der Waals surface area contributed by atoms with Crippen LogP contribution in [0.5, 0.6) is 0 Å². The average Bonchev–Trinajstić information content (AvgIpc) is 2.22. The maximum Gasteiger partial charge on any atom is 0.225 e. The van der Waals surface area contributed by atoms with Crippen molar-refractivity contribution in [2.45, 2.75) is 13.3 Å². The smallest absolute Gasteiger partial charge is 0.225 e. The highest BCUT2D eigenvalue weighted by Gasteiger charge is 2.06. The molecule has 3 N–H and O–H groups in total. The molecule has 1 aromatic rings. The summed E-state index contributed by atoms with van der Waals surface area (Å²) in [6.07, 6.45) is 1.84. The fourth-order valence-corrected chi connectivity index (χ4v) is 1.71. The second kappa shape index (κ2) is 5.65. The van der Waals surface area contributed by atoms with Crippen LogP contribution in [0.3, 0.4) is 0 Å². The van der Waals surface area contributed by atoms with Crippen molar-refractivity contribution in [1.29, 1.82) is 0 Å². The largest absolute Gasteiger partial charge is 0.398 e. The number of amides is 1. The zero-order valence-corrected chi connectivity index (χ0v) is 10.3. The van der Waals surface area contributed by atoms with Crippen LogP contribution in [0, 0.1) is 6.92 Å². The molecule has 88 valence electrons. The average molecular weight is 240 g/mol. The summed E-state index contributed by atoms with van der Waals surface area (Å²) in [5, 5.41) is 2.75. The van der Waals surface area contributed by atoms with E-state index >= 15 is 0 Å². The van der Waals surface area contributed by atoms with Crippen LogP contribution >= 0.6 is 0 Å². The van der Waals surface area contributed by atoms with E-state index in [-0.39, 0.29) is 12.3 Å². The maximum atomic E-state index is 11.5. The number of nitrogen functional groups attached to an aromatic ring is 1. The fraction of sp³-hybridized carbons (Fsp3) is 0.364.